The molecule has 6 nitrogen and oxygen atoms in total. The molecule has 2 N–H and O–H groups in total. The third-order valence-corrected chi connectivity index (χ3v) is 3.62. The summed E-state index contributed by atoms with van der Waals surface area (Å²) in [6, 6.07) is 15.5. The van der Waals surface area contributed by atoms with E-state index in [1.165, 1.54) is 0 Å². The van der Waals surface area contributed by atoms with E-state index in [1.807, 2.05) is 18.2 Å². The minimum atomic E-state index is -1.22. The average Bonchev–Trinajstić information content (AvgIpc) is 2.55. The minimum Gasteiger partial charge on any atom is -0.369 e. The van der Waals surface area contributed by atoms with Gasteiger partial charge in [-0.1, -0.05) is 48.5 Å². The summed E-state index contributed by atoms with van der Waals surface area (Å²) in [4.78, 5) is 41.9. The van der Waals surface area contributed by atoms with Gasteiger partial charge in [0.25, 0.3) is 11.8 Å². The fourth-order valence-corrected chi connectivity index (χ4v) is 2.51. The quantitative estimate of drug-likeness (QED) is 0.682. The van der Waals surface area contributed by atoms with Crippen molar-refractivity contribution in [2.75, 3.05) is 0 Å². The molecule has 23 heavy (non-hydrogen) atoms. The molecule has 1 aliphatic heterocycles. The molecule has 1 unspecified atom stereocenters. The predicted octanol–water partition coefficient (Wildman–Crippen LogP) is 1.37. The number of hydrogen-bond donors (Lipinski definition) is 1. The highest BCUT2D eigenvalue weighted by Gasteiger charge is 2.42. The number of carbonyl (C=O) groups is 3. The van der Waals surface area contributed by atoms with Crippen LogP contribution < -0.4 is 5.73 Å². The first kappa shape index (κ1) is 14.9. The highest BCUT2D eigenvalue weighted by Crippen LogP contribution is 2.29. The van der Waals surface area contributed by atoms with E-state index in [0.717, 1.165) is 5.56 Å². The number of fused-ring (bicyclic) bond motifs is 1. The molecule has 0 bridgehead atoms. The second-order valence-corrected chi connectivity index (χ2v) is 5.12. The van der Waals surface area contributed by atoms with Gasteiger partial charge in [0.15, 0.2) is 0 Å². The van der Waals surface area contributed by atoms with Gasteiger partial charge in [0, 0.05) is 5.56 Å². The van der Waals surface area contributed by atoms with Gasteiger partial charge in [-0.25, -0.2) is 0 Å². The molecule has 1 heterocycles. The van der Waals surface area contributed by atoms with Crippen molar-refractivity contribution in [3.63, 3.8) is 0 Å². The largest absolute Gasteiger partial charge is 0.369 e. The Balaban J connectivity index is 1.91. The van der Waals surface area contributed by atoms with Crippen LogP contribution in [0.1, 0.15) is 27.4 Å². The van der Waals surface area contributed by atoms with Crippen molar-refractivity contribution in [2.45, 2.75) is 12.5 Å². The molecule has 2 aromatic carbocycles. The normalized spacial score (nSPS) is 17.0. The summed E-state index contributed by atoms with van der Waals surface area (Å²) in [5, 5.41) is 0.630. The SMILES string of the molecule is NC(=O)C1C(=O)N(OCc2ccccc2)C(=O)c2ccccc21. The van der Waals surface area contributed by atoms with E-state index in [1.54, 1.807) is 36.4 Å². The highest BCUT2D eigenvalue weighted by atomic mass is 16.7. The van der Waals surface area contributed by atoms with Crippen molar-refractivity contribution in [1.29, 1.82) is 0 Å². The molecule has 0 spiro atoms. The van der Waals surface area contributed by atoms with Gasteiger partial charge in [0.1, 0.15) is 12.5 Å². The van der Waals surface area contributed by atoms with Gasteiger partial charge in [0.2, 0.25) is 5.91 Å². The maximum absolute atomic E-state index is 12.4. The number of rotatable bonds is 4. The monoisotopic (exact) mass is 310 g/mol. The second-order valence-electron chi connectivity index (χ2n) is 5.12. The topological polar surface area (TPSA) is 89.7 Å². The average molecular weight is 310 g/mol. The molecular formula is C17H14N2O4. The number of nitrogens with zero attached hydrogens (tertiary/aromatic N) is 1. The van der Waals surface area contributed by atoms with E-state index in [0.29, 0.717) is 10.6 Å². The van der Waals surface area contributed by atoms with Gasteiger partial charge >= 0.3 is 0 Å². The maximum atomic E-state index is 12.4. The Morgan fingerprint density at radius 3 is 2.39 bits per heavy atom. The predicted molar refractivity (Wildman–Crippen MR) is 80.8 cm³/mol. The van der Waals surface area contributed by atoms with Gasteiger partial charge in [-0.2, -0.15) is 0 Å². The molecule has 0 fully saturated rings. The standard InChI is InChI=1S/C17H14N2O4/c18-15(20)14-12-8-4-5-9-13(12)16(21)19(17(14)22)23-10-11-6-2-1-3-7-11/h1-9,14H,10H2,(H2,18,20). The molecule has 0 saturated carbocycles. The van der Waals surface area contributed by atoms with Crippen molar-refractivity contribution in [3.8, 4) is 0 Å². The van der Waals surface area contributed by atoms with E-state index >= 15 is 0 Å². The first-order chi connectivity index (χ1) is 11.1. The summed E-state index contributed by atoms with van der Waals surface area (Å²) in [7, 11) is 0. The molecule has 0 saturated heterocycles. The summed E-state index contributed by atoms with van der Waals surface area (Å²) >= 11 is 0. The Morgan fingerprint density at radius 1 is 1.04 bits per heavy atom. The van der Waals surface area contributed by atoms with Gasteiger partial charge in [-0.3, -0.25) is 19.2 Å². The van der Waals surface area contributed by atoms with Crippen LogP contribution in [0.3, 0.4) is 0 Å². The van der Waals surface area contributed by atoms with Crippen molar-refractivity contribution in [2.24, 2.45) is 5.73 Å². The Morgan fingerprint density at radius 2 is 1.70 bits per heavy atom. The molecule has 1 atom stereocenters. The van der Waals surface area contributed by atoms with Gasteiger partial charge < -0.3 is 5.73 Å². The van der Waals surface area contributed by atoms with Gasteiger partial charge in [-0.05, 0) is 17.2 Å². The number of hydrogen-bond acceptors (Lipinski definition) is 4. The first-order valence-electron chi connectivity index (χ1n) is 7.03. The van der Waals surface area contributed by atoms with Gasteiger partial charge in [-0.15, -0.1) is 5.06 Å². The van der Waals surface area contributed by atoms with Crippen LogP contribution in [0.5, 0.6) is 0 Å². The molecule has 116 valence electrons. The van der Waals surface area contributed by atoms with E-state index in [-0.39, 0.29) is 12.2 Å². The van der Waals surface area contributed by atoms with E-state index in [2.05, 4.69) is 0 Å². The highest BCUT2D eigenvalue weighted by molar-refractivity contribution is 6.17. The Labute approximate surface area is 132 Å². The number of benzene rings is 2. The number of hydroxylamine groups is 2. The van der Waals surface area contributed by atoms with Crippen LogP contribution >= 0.6 is 0 Å². The number of primary amides is 1. The molecule has 0 aromatic heterocycles. The lowest BCUT2D eigenvalue weighted by molar-refractivity contribution is -0.177. The summed E-state index contributed by atoms with van der Waals surface area (Å²) in [5.41, 5.74) is 6.68. The summed E-state index contributed by atoms with van der Waals surface area (Å²) in [6.07, 6.45) is 0. The second kappa shape index (κ2) is 6.02. The van der Waals surface area contributed by atoms with E-state index in [9.17, 15) is 14.4 Å². The Kier molecular flexibility index (Phi) is 3.91. The molecule has 3 amide bonds. The lowest BCUT2D eigenvalue weighted by Gasteiger charge is -2.29. The fourth-order valence-electron chi connectivity index (χ4n) is 2.51. The van der Waals surface area contributed by atoms with Crippen LogP contribution in [0.25, 0.3) is 0 Å². The molecule has 0 radical (unpaired) electrons. The minimum absolute atomic E-state index is 0.0337. The maximum Gasteiger partial charge on any atom is 0.285 e. The third kappa shape index (κ3) is 2.72. The number of nitrogens with two attached hydrogens (primary N) is 1. The molecule has 0 aliphatic carbocycles. The lowest BCUT2D eigenvalue weighted by Crippen LogP contribution is -2.48. The molecule has 6 heteroatoms. The molecular weight excluding hydrogens is 296 g/mol. The van der Waals surface area contributed by atoms with Crippen LogP contribution in [-0.4, -0.2) is 22.8 Å². The number of carbonyl (C=O) groups excluding carboxylic acids is 3. The van der Waals surface area contributed by atoms with Crippen LogP contribution in [0.4, 0.5) is 0 Å². The first-order valence-corrected chi connectivity index (χ1v) is 7.03. The Bertz CT molecular complexity index is 773. The fraction of sp³-hybridized carbons (Fsp3) is 0.118. The van der Waals surface area contributed by atoms with Crippen LogP contribution in [0.2, 0.25) is 0 Å². The summed E-state index contributed by atoms with van der Waals surface area (Å²) in [5.74, 6) is -3.40. The van der Waals surface area contributed by atoms with Crippen LogP contribution in [0, 0.1) is 0 Å². The van der Waals surface area contributed by atoms with Crippen molar-refractivity contribution in [3.05, 3.63) is 71.3 Å². The van der Waals surface area contributed by atoms with E-state index < -0.39 is 23.6 Å². The van der Waals surface area contributed by atoms with Crippen LogP contribution in [-0.2, 0) is 21.0 Å². The zero-order valence-corrected chi connectivity index (χ0v) is 12.1. The number of amides is 3. The summed E-state index contributed by atoms with van der Waals surface area (Å²) < 4.78 is 0. The van der Waals surface area contributed by atoms with Gasteiger partial charge in [0.05, 0.1) is 0 Å². The third-order valence-electron chi connectivity index (χ3n) is 3.62. The number of imide groups is 1. The smallest absolute Gasteiger partial charge is 0.285 e. The van der Waals surface area contributed by atoms with Crippen molar-refractivity contribution in [1.82, 2.24) is 5.06 Å². The molecule has 1 aliphatic rings. The zero-order chi connectivity index (χ0) is 16.4. The Hall–Kier alpha value is -2.99. The van der Waals surface area contributed by atoms with E-state index in [4.69, 9.17) is 10.6 Å². The molecule has 3 rings (SSSR count). The molecule has 2 aromatic rings. The van der Waals surface area contributed by atoms with Crippen molar-refractivity contribution >= 4 is 17.7 Å². The van der Waals surface area contributed by atoms with Crippen LogP contribution in [0.15, 0.2) is 54.6 Å². The summed E-state index contributed by atoms with van der Waals surface area (Å²) in [6.45, 7) is 0.0337. The zero-order valence-electron chi connectivity index (χ0n) is 12.1. The van der Waals surface area contributed by atoms with Crippen molar-refractivity contribution < 1.29 is 19.2 Å². The lowest BCUT2D eigenvalue weighted by atomic mass is 9.89.